The summed E-state index contributed by atoms with van der Waals surface area (Å²) in [6.45, 7) is 1.88. The van der Waals surface area contributed by atoms with E-state index < -0.39 is 10.0 Å². The summed E-state index contributed by atoms with van der Waals surface area (Å²) in [5.74, 6) is 0.194. The van der Waals surface area contributed by atoms with Crippen LogP contribution in [0.1, 0.15) is 6.92 Å². The van der Waals surface area contributed by atoms with Gasteiger partial charge in [0.1, 0.15) is 5.75 Å². The fourth-order valence-electron chi connectivity index (χ4n) is 3.62. The smallest absolute Gasteiger partial charge is 0.264 e. The van der Waals surface area contributed by atoms with Crippen LogP contribution in [0, 0.1) is 0 Å². The van der Waals surface area contributed by atoms with Gasteiger partial charge in [-0.15, -0.1) is 0 Å². The number of benzene rings is 4. The molecule has 180 valence electrons. The van der Waals surface area contributed by atoms with Crippen LogP contribution in [-0.2, 0) is 14.8 Å². The third-order valence-electron chi connectivity index (χ3n) is 5.30. The van der Waals surface area contributed by atoms with Crippen molar-refractivity contribution in [2.45, 2.75) is 11.8 Å². The van der Waals surface area contributed by atoms with E-state index in [1.165, 1.54) is 16.4 Å². The molecule has 4 rings (SSSR count). The van der Waals surface area contributed by atoms with E-state index in [4.69, 9.17) is 4.74 Å². The summed E-state index contributed by atoms with van der Waals surface area (Å²) in [5.41, 5.74) is 1.07. The lowest BCUT2D eigenvalue weighted by atomic mass is 10.1. The second-order valence-corrected chi connectivity index (χ2v) is 11.2. The van der Waals surface area contributed by atoms with Crippen LogP contribution in [0.2, 0.25) is 0 Å². The van der Waals surface area contributed by atoms with Gasteiger partial charge < -0.3 is 10.1 Å². The van der Waals surface area contributed by atoms with Gasteiger partial charge in [-0.25, -0.2) is 8.42 Å². The van der Waals surface area contributed by atoms with Crippen LogP contribution in [0.15, 0.2) is 98.8 Å². The molecule has 0 aliphatic rings. The SMILES string of the molecule is CCN(c1ccccc1)S(=O)(=O)c1ccc(NC(=O)COc2ccc3cc(Br)ccc3c2Br)cc1. The van der Waals surface area contributed by atoms with Gasteiger partial charge in [-0.3, -0.25) is 9.10 Å². The average molecular weight is 618 g/mol. The highest BCUT2D eigenvalue weighted by Gasteiger charge is 2.23. The molecule has 0 saturated carbocycles. The highest BCUT2D eigenvalue weighted by atomic mass is 79.9. The lowest BCUT2D eigenvalue weighted by molar-refractivity contribution is -0.118. The molecule has 6 nitrogen and oxygen atoms in total. The summed E-state index contributed by atoms with van der Waals surface area (Å²) in [4.78, 5) is 12.6. The predicted octanol–water partition coefficient (Wildman–Crippen LogP) is 6.60. The molecular formula is C26H22Br2N2O4S. The predicted molar refractivity (Wildman–Crippen MR) is 147 cm³/mol. The molecule has 0 saturated heterocycles. The number of sulfonamides is 1. The second-order valence-electron chi connectivity index (χ2n) is 7.61. The summed E-state index contributed by atoms with van der Waals surface area (Å²) in [6, 6.07) is 24.6. The van der Waals surface area contributed by atoms with E-state index in [2.05, 4.69) is 37.2 Å². The van der Waals surface area contributed by atoms with Gasteiger partial charge in [0.15, 0.2) is 6.61 Å². The van der Waals surface area contributed by atoms with Crippen LogP contribution in [0.3, 0.4) is 0 Å². The topological polar surface area (TPSA) is 75.7 Å². The number of anilines is 2. The Morgan fingerprint density at radius 2 is 1.66 bits per heavy atom. The van der Waals surface area contributed by atoms with Crippen LogP contribution in [0.5, 0.6) is 5.75 Å². The molecule has 0 fully saturated rings. The molecule has 4 aromatic carbocycles. The zero-order chi connectivity index (χ0) is 25.0. The molecule has 0 aliphatic heterocycles. The minimum Gasteiger partial charge on any atom is -0.483 e. The molecule has 0 radical (unpaired) electrons. The fourth-order valence-corrected chi connectivity index (χ4v) is 6.08. The van der Waals surface area contributed by atoms with E-state index in [9.17, 15) is 13.2 Å². The van der Waals surface area contributed by atoms with E-state index >= 15 is 0 Å². The van der Waals surface area contributed by atoms with Crippen molar-refractivity contribution in [3.05, 3.63) is 93.9 Å². The van der Waals surface area contributed by atoms with Gasteiger partial charge >= 0.3 is 0 Å². The van der Waals surface area contributed by atoms with Crippen molar-refractivity contribution in [2.24, 2.45) is 0 Å². The summed E-state index contributed by atoms with van der Waals surface area (Å²) in [5, 5.41) is 4.74. The van der Waals surface area contributed by atoms with Gasteiger partial charge in [-0.1, -0.05) is 46.3 Å². The average Bonchev–Trinajstić information content (AvgIpc) is 2.85. The van der Waals surface area contributed by atoms with Gasteiger partial charge in [-0.2, -0.15) is 0 Å². The Bertz CT molecular complexity index is 1460. The maximum atomic E-state index is 13.1. The number of nitrogens with zero attached hydrogens (tertiary/aromatic N) is 1. The fraction of sp³-hybridized carbons (Fsp3) is 0.115. The Morgan fingerprint density at radius 3 is 2.34 bits per heavy atom. The molecule has 0 atom stereocenters. The third kappa shape index (κ3) is 5.69. The van der Waals surface area contributed by atoms with E-state index in [1.807, 2.05) is 30.3 Å². The van der Waals surface area contributed by atoms with Crippen molar-refractivity contribution < 1.29 is 17.9 Å². The zero-order valence-electron chi connectivity index (χ0n) is 18.7. The normalized spacial score (nSPS) is 11.3. The minimum absolute atomic E-state index is 0.143. The lowest BCUT2D eigenvalue weighted by Gasteiger charge is -2.23. The molecule has 4 aromatic rings. The molecule has 1 N–H and O–H groups in total. The quantitative estimate of drug-likeness (QED) is 0.242. The van der Waals surface area contributed by atoms with Gasteiger partial charge in [0.25, 0.3) is 15.9 Å². The number of nitrogens with one attached hydrogen (secondary N) is 1. The number of amides is 1. The largest absolute Gasteiger partial charge is 0.483 e. The Hall–Kier alpha value is -2.88. The van der Waals surface area contributed by atoms with Gasteiger partial charge in [0, 0.05) is 16.7 Å². The van der Waals surface area contributed by atoms with Crippen molar-refractivity contribution in [1.29, 1.82) is 0 Å². The lowest BCUT2D eigenvalue weighted by Crippen LogP contribution is -2.30. The Balaban J connectivity index is 1.41. The Labute approximate surface area is 221 Å². The maximum absolute atomic E-state index is 13.1. The molecule has 0 aliphatic carbocycles. The van der Waals surface area contributed by atoms with E-state index in [0.29, 0.717) is 23.7 Å². The number of fused-ring (bicyclic) bond motifs is 1. The van der Waals surface area contributed by atoms with Crippen molar-refractivity contribution in [3.63, 3.8) is 0 Å². The molecule has 0 aromatic heterocycles. The highest BCUT2D eigenvalue weighted by Crippen LogP contribution is 2.34. The maximum Gasteiger partial charge on any atom is 0.264 e. The van der Waals surface area contributed by atoms with Crippen molar-refractivity contribution in [3.8, 4) is 5.75 Å². The molecule has 0 spiro atoms. The molecule has 35 heavy (non-hydrogen) atoms. The minimum atomic E-state index is -3.73. The first-order valence-electron chi connectivity index (χ1n) is 10.8. The monoisotopic (exact) mass is 616 g/mol. The van der Waals surface area contributed by atoms with Crippen LogP contribution in [0.25, 0.3) is 10.8 Å². The first-order chi connectivity index (χ1) is 16.8. The summed E-state index contributed by atoms with van der Waals surface area (Å²) in [7, 11) is -3.73. The van der Waals surface area contributed by atoms with Crippen LogP contribution >= 0.6 is 31.9 Å². The highest BCUT2D eigenvalue weighted by molar-refractivity contribution is 9.11. The second kappa shape index (κ2) is 10.8. The number of ether oxygens (including phenoxy) is 1. The standard InChI is InChI=1S/C26H22Br2N2O4S/c1-2-30(21-6-4-3-5-7-21)35(32,33)22-12-10-20(11-13-22)29-25(31)17-34-24-15-8-18-16-19(27)9-14-23(18)26(24)28/h3-16H,2,17H2,1H3,(H,29,31). The summed E-state index contributed by atoms with van der Waals surface area (Å²) in [6.07, 6.45) is 0. The molecule has 0 heterocycles. The van der Waals surface area contributed by atoms with Crippen molar-refractivity contribution >= 4 is 69.9 Å². The number of halogens is 2. The van der Waals surface area contributed by atoms with Gasteiger partial charge in [0.05, 0.1) is 15.1 Å². The number of hydrogen-bond donors (Lipinski definition) is 1. The van der Waals surface area contributed by atoms with E-state index in [1.54, 1.807) is 49.4 Å². The summed E-state index contributed by atoms with van der Waals surface area (Å²) >= 11 is 7.01. The zero-order valence-corrected chi connectivity index (χ0v) is 22.7. The molecular weight excluding hydrogens is 596 g/mol. The van der Waals surface area contributed by atoms with Crippen LogP contribution < -0.4 is 14.4 Å². The first-order valence-corrected chi connectivity index (χ1v) is 13.8. The van der Waals surface area contributed by atoms with Gasteiger partial charge in [-0.05, 0) is 88.2 Å². The number of hydrogen-bond acceptors (Lipinski definition) is 4. The molecule has 0 unspecified atom stereocenters. The number of carbonyl (C=O) groups excluding carboxylic acids is 1. The molecule has 9 heteroatoms. The third-order valence-corrected chi connectivity index (χ3v) is 8.53. The molecule has 1 amide bonds. The Morgan fingerprint density at radius 1 is 0.943 bits per heavy atom. The van der Waals surface area contributed by atoms with E-state index in [0.717, 1.165) is 19.7 Å². The van der Waals surface area contributed by atoms with Crippen molar-refractivity contribution in [2.75, 3.05) is 22.8 Å². The number of para-hydroxylation sites is 1. The van der Waals surface area contributed by atoms with Crippen molar-refractivity contribution in [1.82, 2.24) is 0 Å². The van der Waals surface area contributed by atoms with Crippen LogP contribution in [-0.4, -0.2) is 27.5 Å². The first kappa shape index (κ1) is 25.2. The molecule has 0 bridgehead atoms. The Kier molecular flexibility index (Phi) is 7.78. The van der Waals surface area contributed by atoms with Crippen LogP contribution in [0.4, 0.5) is 11.4 Å². The van der Waals surface area contributed by atoms with Gasteiger partial charge in [0.2, 0.25) is 0 Å². The summed E-state index contributed by atoms with van der Waals surface area (Å²) < 4.78 is 35.0. The number of carbonyl (C=O) groups is 1. The van der Waals surface area contributed by atoms with E-state index in [-0.39, 0.29) is 17.4 Å². The number of rotatable bonds is 8.